The van der Waals surface area contributed by atoms with Crippen LogP contribution in [0, 0.1) is 6.92 Å². The summed E-state index contributed by atoms with van der Waals surface area (Å²) in [6, 6.07) is 5.82. The molecule has 27 heavy (non-hydrogen) atoms. The number of amides is 1. The minimum absolute atomic E-state index is 0.193. The summed E-state index contributed by atoms with van der Waals surface area (Å²) in [5, 5.41) is 3.99. The number of carbonyl (C=O) groups is 1. The first-order valence-electron chi connectivity index (χ1n) is 8.51. The number of likely N-dealkylation sites (tertiary alicyclic amines) is 1. The van der Waals surface area contributed by atoms with E-state index < -0.39 is 28.8 Å². The van der Waals surface area contributed by atoms with Gasteiger partial charge in [0.05, 0.1) is 11.3 Å². The van der Waals surface area contributed by atoms with Crippen molar-refractivity contribution in [2.75, 3.05) is 13.1 Å². The summed E-state index contributed by atoms with van der Waals surface area (Å²) in [6.07, 6.45) is -3.13. The van der Waals surface area contributed by atoms with E-state index in [4.69, 9.17) is 5.73 Å². The summed E-state index contributed by atoms with van der Waals surface area (Å²) in [6.45, 7) is 2.18. The van der Waals surface area contributed by atoms with Crippen molar-refractivity contribution in [2.24, 2.45) is 5.73 Å². The second kappa shape index (κ2) is 7.15. The van der Waals surface area contributed by atoms with Gasteiger partial charge in [0.2, 0.25) is 5.43 Å². The summed E-state index contributed by atoms with van der Waals surface area (Å²) in [7, 11) is 0. The van der Waals surface area contributed by atoms with E-state index >= 15 is 0 Å². The minimum atomic E-state index is -4.60. The molecule has 0 radical (unpaired) electrons. The number of aryl methyl sites for hydroxylation is 1. The van der Waals surface area contributed by atoms with Crippen molar-refractivity contribution in [1.82, 2.24) is 14.7 Å². The monoisotopic (exact) mass is 380 g/mol. The summed E-state index contributed by atoms with van der Waals surface area (Å²) >= 11 is 0. The highest BCUT2D eigenvalue weighted by atomic mass is 19.4. The quantitative estimate of drug-likeness (QED) is 0.865. The molecule has 1 amide bonds. The smallest absolute Gasteiger partial charge is 0.336 e. The molecule has 0 spiro atoms. The van der Waals surface area contributed by atoms with E-state index in [1.54, 1.807) is 0 Å². The highest BCUT2D eigenvalue weighted by Crippen LogP contribution is 2.33. The lowest BCUT2D eigenvalue weighted by Gasteiger charge is -2.30. The van der Waals surface area contributed by atoms with Gasteiger partial charge in [-0.05, 0) is 31.9 Å². The fourth-order valence-corrected chi connectivity index (χ4v) is 3.18. The van der Waals surface area contributed by atoms with Crippen molar-refractivity contribution in [3.8, 4) is 5.69 Å². The molecular weight excluding hydrogens is 361 g/mol. The largest absolute Gasteiger partial charge is 0.418 e. The Hall–Kier alpha value is -2.68. The molecule has 2 heterocycles. The second-order valence-corrected chi connectivity index (χ2v) is 6.58. The Morgan fingerprint density at radius 2 is 2.00 bits per heavy atom. The average molecular weight is 380 g/mol. The van der Waals surface area contributed by atoms with E-state index in [9.17, 15) is 22.8 Å². The number of hydrogen-bond acceptors (Lipinski definition) is 4. The molecule has 0 saturated carbocycles. The predicted octanol–water partition coefficient (Wildman–Crippen LogP) is 2.12. The number of para-hydroxylation sites is 1. The van der Waals surface area contributed by atoms with Crippen molar-refractivity contribution in [2.45, 2.75) is 32.0 Å². The van der Waals surface area contributed by atoms with Crippen LogP contribution in [0.3, 0.4) is 0 Å². The second-order valence-electron chi connectivity index (χ2n) is 6.58. The third kappa shape index (κ3) is 3.87. The summed E-state index contributed by atoms with van der Waals surface area (Å²) < 4.78 is 41.0. The number of nitrogens with zero attached hydrogens (tertiary/aromatic N) is 3. The molecule has 2 aromatic rings. The lowest BCUT2D eigenvalue weighted by Crippen LogP contribution is -2.47. The van der Waals surface area contributed by atoms with Crippen LogP contribution >= 0.6 is 0 Å². The van der Waals surface area contributed by atoms with Crippen LogP contribution in [0.4, 0.5) is 13.2 Å². The minimum Gasteiger partial charge on any atom is -0.336 e. The SMILES string of the molecule is Cc1cc(=O)c(C(=O)N2CCCC(N)C2)nn1-c1ccccc1C(F)(F)F. The Balaban J connectivity index is 2.09. The standard InChI is InChI=1S/C18H19F3N4O2/c1-11-9-15(26)16(17(27)24-8-4-5-12(22)10-24)23-25(11)14-7-3-2-6-13(14)18(19,20)21/h2-3,6-7,9,12H,4-5,8,10,22H2,1H3. The first kappa shape index (κ1) is 19.1. The highest BCUT2D eigenvalue weighted by Gasteiger charge is 2.34. The van der Waals surface area contributed by atoms with Gasteiger partial charge < -0.3 is 10.6 Å². The predicted molar refractivity (Wildman–Crippen MR) is 92.7 cm³/mol. The third-order valence-electron chi connectivity index (χ3n) is 4.49. The van der Waals surface area contributed by atoms with Crippen molar-refractivity contribution in [3.63, 3.8) is 0 Å². The molecule has 1 atom stereocenters. The van der Waals surface area contributed by atoms with Gasteiger partial charge in [-0.2, -0.15) is 18.3 Å². The zero-order valence-electron chi connectivity index (χ0n) is 14.7. The number of alkyl halides is 3. The van der Waals surface area contributed by atoms with Gasteiger partial charge in [0.25, 0.3) is 5.91 Å². The van der Waals surface area contributed by atoms with E-state index in [1.165, 1.54) is 30.0 Å². The number of halogens is 3. The van der Waals surface area contributed by atoms with E-state index in [0.29, 0.717) is 13.0 Å². The Labute approximate surface area is 153 Å². The average Bonchev–Trinajstić information content (AvgIpc) is 2.60. The van der Waals surface area contributed by atoms with Gasteiger partial charge in [0.15, 0.2) is 5.69 Å². The van der Waals surface area contributed by atoms with Gasteiger partial charge in [-0.3, -0.25) is 9.59 Å². The van der Waals surface area contributed by atoms with Crippen LogP contribution < -0.4 is 11.2 Å². The molecule has 9 heteroatoms. The fraction of sp³-hybridized carbons (Fsp3) is 0.389. The van der Waals surface area contributed by atoms with Crippen LogP contribution in [-0.4, -0.2) is 39.7 Å². The van der Waals surface area contributed by atoms with Crippen LogP contribution in [0.25, 0.3) is 5.69 Å². The van der Waals surface area contributed by atoms with Crippen LogP contribution in [0.15, 0.2) is 35.1 Å². The van der Waals surface area contributed by atoms with Crippen molar-refractivity contribution >= 4 is 5.91 Å². The molecule has 2 N–H and O–H groups in total. The van der Waals surface area contributed by atoms with Gasteiger partial charge in [0, 0.05) is 30.9 Å². The van der Waals surface area contributed by atoms with Crippen molar-refractivity contribution in [1.29, 1.82) is 0 Å². The Bertz CT molecular complexity index is 924. The van der Waals surface area contributed by atoms with Crippen LogP contribution in [0.2, 0.25) is 0 Å². The maximum absolute atomic E-state index is 13.3. The molecule has 1 aromatic heterocycles. The number of rotatable bonds is 2. The van der Waals surface area contributed by atoms with Crippen LogP contribution in [-0.2, 0) is 6.18 Å². The van der Waals surface area contributed by atoms with Crippen LogP contribution in [0.5, 0.6) is 0 Å². The van der Waals surface area contributed by atoms with Crippen molar-refractivity contribution in [3.05, 3.63) is 57.5 Å². The molecule has 1 aliphatic heterocycles. The Morgan fingerprint density at radius 3 is 2.67 bits per heavy atom. The molecule has 1 aromatic carbocycles. The zero-order valence-corrected chi connectivity index (χ0v) is 14.7. The topological polar surface area (TPSA) is 81.2 Å². The maximum atomic E-state index is 13.3. The Kier molecular flexibility index (Phi) is 5.05. The number of hydrogen-bond donors (Lipinski definition) is 1. The van der Waals surface area contributed by atoms with Crippen LogP contribution in [0.1, 0.15) is 34.6 Å². The van der Waals surface area contributed by atoms with Gasteiger partial charge in [0.1, 0.15) is 0 Å². The summed E-state index contributed by atoms with van der Waals surface area (Å²) in [5.74, 6) is -0.617. The normalized spacial score (nSPS) is 17.8. The van der Waals surface area contributed by atoms with Gasteiger partial charge in [-0.25, -0.2) is 4.68 Å². The lowest BCUT2D eigenvalue weighted by molar-refractivity contribution is -0.137. The third-order valence-corrected chi connectivity index (χ3v) is 4.49. The molecule has 1 unspecified atom stereocenters. The molecule has 6 nitrogen and oxygen atoms in total. The molecular formula is C18H19F3N4O2. The zero-order chi connectivity index (χ0) is 19.8. The molecule has 3 rings (SSSR count). The fourth-order valence-electron chi connectivity index (χ4n) is 3.18. The van der Waals surface area contributed by atoms with Crippen molar-refractivity contribution < 1.29 is 18.0 Å². The summed E-state index contributed by atoms with van der Waals surface area (Å²) in [4.78, 5) is 26.4. The molecule has 144 valence electrons. The van der Waals surface area contributed by atoms with E-state index in [-0.39, 0.29) is 24.0 Å². The molecule has 1 saturated heterocycles. The van der Waals surface area contributed by atoms with Gasteiger partial charge >= 0.3 is 6.18 Å². The molecule has 0 aliphatic carbocycles. The summed E-state index contributed by atoms with van der Waals surface area (Å²) in [5.41, 5.74) is 3.89. The number of benzene rings is 1. The van der Waals surface area contributed by atoms with E-state index in [0.717, 1.165) is 23.2 Å². The molecule has 1 aliphatic rings. The number of aromatic nitrogens is 2. The first-order chi connectivity index (χ1) is 12.7. The van der Waals surface area contributed by atoms with E-state index in [2.05, 4.69) is 5.10 Å². The van der Waals surface area contributed by atoms with Gasteiger partial charge in [-0.15, -0.1) is 0 Å². The van der Waals surface area contributed by atoms with E-state index in [1.807, 2.05) is 0 Å². The molecule has 0 bridgehead atoms. The van der Waals surface area contributed by atoms with Gasteiger partial charge in [-0.1, -0.05) is 12.1 Å². The first-order valence-corrected chi connectivity index (χ1v) is 8.51. The molecule has 1 fully saturated rings. The maximum Gasteiger partial charge on any atom is 0.418 e. The Morgan fingerprint density at radius 1 is 1.30 bits per heavy atom. The highest BCUT2D eigenvalue weighted by molar-refractivity contribution is 5.92. The number of carbonyl (C=O) groups excluding carboxylic acids is 1. The number of piperidine rings is 1. The number of nitrogens with two attached hydrogens (primary N) is 1. The lowest BCUT2D eigenvalue weighted by atomic mass is 10.1.